The molecule has 5 nitrogen and oxygen atoms in total. The molecule has 2 amide bonds. The summed E-state index contributed by atoms with van der Waals surface area (Å²) in [6, 6.07) is 18.0. The van der Waals surface area contributed by atoms with Gasteiger partial charge in [-0.05, 0) is 48.4 Å². The van der Waals surface area contributed by atoms with Gasteiger partial charge in [0.2, 0.25) is 11.8 Å². The lowest BCUT2D eigenvalue weighted by molar-refractivity contribution is -0.143. The Morgan fingerprint density at radius 3 is 2.40 bits per heavy atom. The number of benzene rings is 2. The van der Waals surface area contributed by atoms with Crippen LogP contribution in [0.2, 0.25) is 5.02 Å². The van der Waals surface area contributed by atoms with Gasteiger partial charge < -0.3 is 9.80 Å². The zero-order chi connectivity index (χ0) is 20.9. The molecule has 2 aliphatic heterocycles. The van der Waals surface area contributed by atoms with Crippen molar-refractivity contribution in [2.45, 2.75) is 31.7 Å². The van der Waals surface area contributed by atoms with E-state index in [0.717, 1.165) is 37.9 Å². The maximum Gasteiger partial charge on any atom is 0.242 e. The molecule has 0 aliphatic carbocycles. The van der Waals surface area contributed by atoms with Crippen LogP contribution in [0.15, 0.2) is 54.6 Å². The first-order valence-electron chi connectivity index (χ1n) is 10.7. The predicted molar refractivity (Wildman–Crippen MR) is 118 cm³/mol. The molecule has 1 N–H and O–H groups in total. The molecule has 6 heteroatoms. The first-order chi connectivity index (χ1) is 14.6. The van der Waals surface area contributed by atoms with E-state index in [9.17, 15) is 9.59 Å². The number of likely N-dealkylation sites (tertiary alicyclic amines) is 1. The maximum atomic E-state index is 12.8. The van der Waals surface area contributed by atoms with Gasteiger partial charge in [-0.25, -0.2) is 0 Å². The SMILES string of the molecule is O=C(CN1CNC(c2ccc(Cl)cc2)CC1=O)N1CCC(Cc2ccccc2)CC1. The van der Waals surface area contributed by atoms with E-state index >= 15 is 0 Å². The minimum absolute atomic E-state index is 0.0148. The molecule has 2 saturated heterocycles. The monoisotopic (exact) mass is 425 g/mol. The first kappa shape index (κ1) is 20.9. The fourth-order valence-corrected chi connectivity index (χ4v) is 4.48. The van der Waals surface area contributed by atoms with Gasteiger partial charge in [-0.1, -0.05) is 54.1 Å². The molecule has 158 valence electrons. The molecule has 2 aromatic rings. The molecular formula is C24H28ClN3O2. The van der Waals surface area contributed by atoms with Crippen LogP contribution in [-0.2, 0) is 16.0 Å². The van der Waals surface area contributed by atoms with E-state index in [2.05, 4.69) is 29.6 Å². The number of nitrogens with zero attached hydrogens (tertiary/aromatic N) is 2. The smallest absolute Gasteiger partial charge is 0.242 e. The fraction of sp³-hybridized carbons (Fsp3) is 0.417. The Morgan fingerprint density at radius 1 is 1.03 bits per heavy atom. The Kier molecular flexibility index (Phi) is 6.70. The Labute approximate surface area is 183 Å². The zero-order valence-corrected chi connectivity index (χ0v) is 17.9. The molecule has 2 aliphatic rings. The number of amides is 2. The Bertz CT molecular complexity index is 864. The largest absolute Gasteiger partial charge is 0.341 e. The second kappa shape index (κ2) is 9.63. The van der Waals surface area contributed by atoms with Gasteiger partial charge in [0.25, 0.3) is 0 Å². The third-order valence-corrected chi connectivity index (χ3v) is 6.44. The van der Waals surface area contributed by atoms with Gasteiger partial charge >= 0.3 is 0 Å². The van der Waals surface area contributed by atoms with Crippen molar-refractivity contribution in [2.24, 2.45) is 5.92 Å². The van der Waals surface area contributed by atoms with Gasteiger partial charge in [0.15, 0.2) is 0 Å². The molecule has 1 unspecified atom stereocenters. The van der Waals surface area contributed by atoms with E-state index in [1.165, 1.54) is 5.56 Å². The molecule has 0 spiro atoms. The molecule has 4 rings (SSSR count). The third kappa shape index (κ3) is 5.21. The van der Waals surface area contributed by atoms with Crippen molar-refractivity contribution in [3.8, 4) is 0 Å². The van der Waals surface area contributed by atoms with Crippen LogP contribution in [0.1, 0.15) is 36.4 Å². The van der Waals surface area contributed by atoms with E-state index in [-0.39, 0.29) is 24.4 Å². The average Bonchev–Trinajstić information content (AvgIpc) is 2.77. The van der Waals surface area contributed by atoms with Crippen molar-refractivity contribution in [3.63, 3.8) is 0 Å². The first-order valence-corrected chi connectivity index (χ1v) is 11.0. The number of hydrogen-bond donors (Lipinski definition) is 1. The van der Waals surface area contributed by atoms with Crippen LogP contribution in [-0.4, -0.2) is 47.9 Å². The summed E-state index contributed by atoms with van der Waals surface area (Å²) in [5.41, 5.74) is 2.40. The summed E-state index contributed by atoms with van der Waals surface area (Å²) >= 11 is 5.95. The highest BCUT2D eigenvalue weighted by Crippen LogP contribution is 2.24. The number of halogens is 1. The lowest BCUT2D eigenvalue weighted by Gasteiger charge is -2.36. The van der Waals surface area contributed by atoms with Crippen molar-refractivity contribution in [2.75, 3.05) is 26.3 Å². The summed E-state index contributed by atoms with van der Waals surface area (Å²) in [7, 11) is 0. The molecule has 2 heterocycles. The van der Waals surface area contributed by atoms with Crippen LogP contribution in [0, 0.1) is 5.92 Å². The van der Waals surface area contributed by atoms with Gasteiger partial charge in [0, 0.05) is 30.6 Å². The van der Waals surface area contributed by atoms with Crippen molar-refractivity contribution in [1.82, 2.24) is 15.1 Å². The number of hydrogen-bond acceptors (Lipinski definition) is 3. The Balaban J connectivity index is 1.24. The number of carbonyl (C=O) groups is 2. The summed E-state index contributed by atoms with van der Waals surface area (Å²) in [6.07, 6.45) is 3.47. The van der Waals surface area contributed by atoms with E-state index in [1.807, 2.05) is 35.2 Å². The molecule has 1 atom stereocenters. The maximum absolute atomic E-state index is 12.8. The van der Waals surface area contributed by atoms with Gasteiger partial charge in [-0.15, -0.1) is 0 Å². The summed E-state index contributed by atoms with van der Waals surface area (Å²) < 4.78 is 0. The molecule has 0 radical (unpaired) electrons. The lowest BCUT2D eigenvalue weighted by Crippen LogP contribution is -2.52. The summed E-state index contributed by atoms with van der Waals surface area (Å²) in [6.45, 7) is 2.10. The Hall–Kier alpha value is -2.37. The van der Waals surface area contributed by atoms with Crippen LogP contribution >= 0.6 is 11.6 Å². The molecule has 0 aromatic heterocycles. The highest BCUT2D eigenvalue weighted by Gasteiger charge is 2.30. The zero-order valence-electron chi connectivity index (χ0n) is 17.1. The van der Waals surface area contributed by atoms with Gasteiger partial charge in [-0.2, -0.15) is 0 Å². The second-order valence-electron chi connectivity index (χ2n) is 8.28. The van der Waals surface area contributed by atoms with E-state index < -0.39 is 0 Å². The number of nitrogens with one attached hydrogen (secondary N) is 1. The lowest BCUT2D eigenvalue weighted by atomic mass is 9.90. The molecule has 0 bridgehead atoms. The van der Waals surface area contributed by atoms with Crippen LogP contribution in [0.4, 0.5) is 0 Å². The fourth-order valence-electron chi connectivity index (χ4n) is 4.36. The van der Waals surface area contributed by atoms with Crippen molar-refractivity contribution < 1.29 is 9.59 Å². The predicted octanol–water partition coefficient (Wildman–Crippen LogP) is 3.64. The van der Waals surface area contributed by atoms with E-state index in [1.54, 1.807) is 4.90 Å². The van der Waals surface area contributed by atoms with Crippen molar-refractivity contribution in [3.05, 3.63) is 70.7 Å². The van der Waals surface area contributed by atoms with E-state index in [0.29, 0.717) is 24.0 Å². The third-order valence-electron chi connectivity index (χ3n) is 6.19. The number of rotatable bonds is 5. The summed E-state index contributed by atoms with van der Waals surface area (Å²) in [5.74, 6) is 0.684. The normalized spacial score (nSPS) is 20.4. The topological polar surface area (TPSA) is 52.7 Å². The number of carbonyl (C=O) groups excluding carboxylic acids is 2. The van der Waals surface area contributed by atoms with Crippen LogP contribution < -0.4 is 5.32 Å². The molecule has 0 saturated carbocycles. The van der Waals surface area contributed by atoms with Gasteiger partial charge in [0.1, 0.15) is 6.54 Å². The summed E-state index contributed by atoms with van der Waals surface area (Å²) in [5, 5.41) is 4.05. The number of piperidine rings is 1. The Morgan fingerprint density at radius 2 is 1.73 bits per heavy atom. The highest BCUT2D eigenvalue weighted by atomic mass is 35.5. The summed E-state index contributed by atoms with van der Waals surface area (Å²) in [4.78, 5) is 28.9. The molecule has 2 aromatic carbocycles. The molecule has 2 fully saturated rings. The minimum Gasteiger partial charge on any atom is -0.341 e. The molecular weight excluding hydrogens is 398 g/mol. The van der Waals surface area contributed by atoms with Gasteiger partial charge in [-0.3, -0.25) is 14.9 Å². The van der Waals surface area contributed by atoms with Crippen LogP contribution in [0.3, 0.4) is 0 Å². The van der Waals surface area contributed by atoms with Crippen molar-refractivity contribution in [1.29, 1.82) is 0 Å². The highest BCUT2D eigenvalue weighted by molar-refractivity contribution is 6.30. The van der Waals surface area contributed by atoms with Crippen molar-refractivity contribution >= 4 is 23.4 Å². The van der Waals surface area contributed by atoms with Gasteiger partial charge in [0.05, 0.1) is 6.67 Å². The minimum atomic E-state index is -0.0325. The second-order valence-corrected chi connectivity index (χ2v) is 8.71. The van der Waals surface area contributed by atoms with Crippen LogP contribution in [0.25, 0.3) is 0 Å². The molecule has 30 heavy (non-hydrogen) atoms. The quantitative estimate of drug-likeness (QED) is 0.795. The van der Waals surface area contributed by atoms with Crippen LogP contribution in [0.5, 0.6) is 0 Å². The standard InChI is InChI=1S/C24H28ClN3O2/c25-21-8-6-20(7-9-21)22-15-23(29)28(17-26-22)16-24(30)27-12-10-19(11-13-27)14-18-4-2-1-3-5-18/h1-9,19,22,26H,10-17H2. The average molecular weight is 426 g/mol. The van der Waals surface area contributed by atoms with E-state index in [4.69, 9.17) is 11.6 Å².